The van der Waals surface area contributed by atoms with Gasteiger partial charge in [0.2, 0.25) is 5.88 Å². The van der Waals surface area contributed by atoms with Crippen LogP contribution in [0.3, 0.4) is 0 Å². The first-order valence-electron chi connectivity index (χ1n) is 10.1. The van der Waals surface area contributed by atoms with E-state index in [1.807, 2.05) is 42.5 Å². The van der Waals surface area contributed by atoms with Gasteiger partial charge in [-0.2, -0.15) is 0 Å². The summed E-state index contributed by atoms with van der Waals surface area (Å²) in [6.07, 6.45) is 0.492. The number of carbonyl (C=O) groups is 1. The maximum absolute atomic E-state index is 12.1. The fraction of sp³-hybridized carbons (Fsp3) is 0.250. The van der Waals surface area contributed by atoms with Crippen LogP contribution in [-0.4, -0.2) is 29.3 Å². The minimum atomic E-state index is -0.818. The Balaban J connectivity index is 1.78. The highest BCUT2D eigenvalue weighted by Gasteiger charge is 2.21. The summed E-state index contributed by atoms with van der Waals surface area (Å²) in [4.78, 5) is 19.8. The molecule has 0 radical (unpaired) electrons. The minimum Gasteiger partial charge on any atom is -0.488 e. The lowest BCUT2D eigenvalue weighted by Crippen LogP contribution is -2.17. The van der Waals surface area contributed by atoms with Crippen molar-refractivity contribution in [2.75, 3.05) is 7.11 Å². The Hall–Kier alpha value is -3.29. The standard InChI is InChI=1S/C24H23ClN2O5/c1-14(2)31-24(28)32-23-17(13-29-3)21-19(11-26-23)27-18-8-5-9-20(22(18)21)30-12-15-6-4-7-16(25)10-15/h4-11,14,27H,12-13H2,1-3H3. The summed E-state index contributed by atoms with van der Waals surface area (Å²) >= 11 is 6.10. The lowest BCUT2D eigenvalue weighted by atomic mass is 10.1. The van der Waals surface area contributed by atoms with Crippen LogP contribution < -0.4 is 9.47 Å². The van der Waals surface area contributed by atoms with E-state index in [0.29, 0.717) is 22.9 Å². The predicted octanol–water partition coefficient (Wildman–Crippen LogP) is 6.02. The Morgan fingerprint density at radius 3 is 2.66 bits per heavy atom. The molecule has 0 fully saturated rings. The van der Waals surface area contributed by atoms with Gasteiger partial charge in [0.1, 0.15) is 12.4 Å². The lowest BCUT2D eigenvalue weighted by Gasteiger charge is -2.13. The second kappa shape index (κ2) is 9.46. The second-order valence-corrected chi connectivity index (χ2v) is 7.94. The lowest BCUT2D eigenvalue weighted by molar-refractivity contribution is 0.0705. The quantitative estimate of drug-likeness (QED) is 0.344. The van der Waals surface area contributed by atoms with Gasteiger partial charge in [-0.1, -0.05) is 29.8 Å². The SMILES string of the molecule is COCc1c(OC(=O)OC(C)C)ncc2[nH]c3cccc(OCc4cccc(Cl)c4)c3c12. The van der Waals surface area contributed by atoms with Crippen molar-refractivity contribution >= 4 is 39.6 Å². The summed E-state index contributed by atoms with van der Waals surface area (Å²) < 4.78 is 22.1. The number of methoxy groups -OCH3 is 1. The summed E-state index contributed by atoms with van der Waals surface area (Å²) in [7, 11) is 1.57. The zero-order valence-electron chi connectivity index (χ0n) is 18.0. The highest BCUT2D eigenvalue weighted by atomic mass is 35.5. The van der Waals surface area contributed by atoms with Gasteiger partial charge in [0.05, 0.1) is 35.5 Å². The number of aromatic amines is 1. The molecule has 32 heavy (non-hydrogen) atoms. The van der Waals surface area contributed by atoms with Crippen molar-refractivity contribution in [1.82, 2.24) is 9.97 Å². The number of hydrogen-bond donors (Lipinski definition) is 1. The highest BCUT2D eigenvalue weighted by Crippen LogP contribution is 2.38. The average Bonchev–Trinajstić information content (AvgIpc) is 3.13. The Labute approximate surface area is 190 Å². The Morgan fingerprint density at radius 1 is 1.09 bits per heavy atom. The predicted molar refractivity (Wildman–Crippen MR) is 122 cm³/mol. The number of ether oxygens (including phenoxy) is 4. The first-order valence-corrected chi connectivity index (χ1v) is 10.5. The number of halogens is 1. The van der Waals surface area contributed by atoms with Crippen molar-refractivity contribution in [3.05, 3.63) is 64.8 Å². The normalized spacial score (nSPS) is 11.3. The summed E-state index contributed by atoms with van der Waals surface area (Å²) in [6.45, 7) is 4.03. The first-order chi connectivity index (χ1) is 15.5. The zero-order chi connectivity index (χ0) is 22.7. The number of nitrogens with zero attached hydrogens (tertiary/aromatic N) is 1. The number of hydrogen-bond acceptors (Lipinski definition) is 6. The van der Waals surface area contributed by atoms with Gasteiger partial charge in [-0.05, 0) is 43.7 Å². The molecule has 0 aliphatic heterocycles. The molecule has 2 aromatic heterocycles. The molecule has 4 rings (SSSR count). The molecule has 166 valence electrons. The van der Waals surface area contributed by atoms with Crippen LogP contribution in [0.1, 0.15) is 25.0 Å². The molecule has 2 aromatic carbocycles. The Morgan fingerprint density at radius 2 is 1.91 bits per heavy atom. The molecule has 0 spiro atoms. The molecule has 2 heterocycles. The van der Waals surface area contributed by atoms with Gasteiger partial charge in [-0.25, -0.2) is 9.78 Å². The molecule has 0 unspecified atom stereocenters. The van der Waals surface area contributed by atoms with Crippen LogP contribution in [0.15, 0.2) is 48.7 Å². The molecule has 0 aliphatic carbocycles. The molecule has 0 amide bonds. The van der Waals surface area contributed by atoms with Crippen molar-refractivity contribution in [2.24, 2.45) is 0 Å². The average molecular weight is 455 g/mol. The highest BCUT2D eigenvalue weighted by molar-refractivity contribution is 6.30. The van der Waals surface area contributed by atoms with Gasteiger partial charge >= 0.3 is 6.16 Å². The third kappa shape index (κ3) is 4.64. The molecule has 0 saturated carbocycles. The summed E-state index contributed by atoms with van der Waals surface area (Å²) in [5, 5.41) is 2.31. The third-order valence-electron chi connectivity index (χ3n) is 4.77. The number of pyridine rings is 1. The topological polar surface area (TPSA) is 82.7 Å². The molecular weight excluding hydrogens is 432 g/mol. The van der Waals surface area contributed by atoms with Crippen molar-refractivity contribution in [2.45, 2.75) is 33.2 Å². The number of benzene rings is 2. The molecule has 0 saturated heterocycles. The first kappa shape index (κ1) is 21.9. The molecule has 8 heteroatoms. The van der Waals surface area contributed by atoms with Crippen LogP contribution in [0.5, 0.6) is 11.6 Å². The van der Waals surface area contributed by atoms with Crippen LogP contribution >= 0.6 is 11.6 Å². The van der Waals surface area contributed by atoms with Crippen LogP contribution in [-0.2, 0) is 22.7 Å². The fourth-order valence-electron chi connectivity index (χ4n) is 3.52. The maximum atomic E-state index is 12.1. The van der Waals surface area contributed by atoms with Crippen molar-refractivity contribution in [1.29, 1.82) is 0 Å². The van der Waals surface area contributed by atoms with Gasteiger partial charge in [-0.15, -0.1) is 0 Å². The molecule has 1 N–H and O–H groups in total. The van der Waals surface area contributed by atoms with Crippen LogP contribution in [0.25, 0.3) is 21.8 Å². The molecule has 0 atom stereocenters. The molecule has 0 bridgehead atoms. The Kier molecular flexibility index (Phi) is 6.48. The zero-order valence-corrected chi connectivity index (χ0v) is 18.7. The molecule has 7 nitrogen and oxygen atoms in total. The van der Waals surface area contributed by atoms with E-state index in [2.05, 4.69) is 9.97 Å². The maximum Gasteiger partial charge on any atom is 0.515 e. The molecule has 0 aliphatic rings. The summed E-state index contributed by atoms with van der Waals surface area (Å²) in [6, 6.07) is 13.3. The van der Waals surface area contributed by atoms with E-state index < -0.39 is 6.16 Å². The van der Waals surface area contributed by atoms with Crippen molar-refractivity contribution < 1.29 is 23.7 Å². The number of fused-ring (bicyclic) bond motifs is 3. The molecular formula is C24H23ClN2O5. The number of nitrogens with one attached hydrogen (secondary N) is 1. The summed E-state index contributed by atoms with van der Waals surface area (Å²) in [5.41, 5.74) is 3.21. The monoisotopic (exact) mass is 454 g/mol. The van der Waals surface area contributed by atoms with Crippen molar-refractivity contribution in [3.8, 4) is 11.6 Å². The second-order valence-electron chi connectivity index (χ2n) is 7.50. The summed E-state index contributed by atoms with van der Waals surface area (Å²) in [5.74, 6) is 0.809. The van der Waals surface area contributed by atoms with Gasteiger partial charge in [-0.3, -0.25) is 0 Å². The van der Waals surface area contributed by atoms with Gasteiger partial charge in [0, 0.05) is 22.9 Å². The fourth-order valence-corrected chi connectivity index (χ4v) is 3.74. The number of rotatable bonds is 7. The van der Waals surface area contributed by atoms with E-state index in [1.165, 1.54) is 0 Å². The Bertz CT molecular complexity index is 1270. The van der Waals surface area contributed by atoms with E-state index >= 15 is 0 Å². The molecule has 4 aromatic rings. The van der Waals surface area contributed by atoms with E-state index in [1.54, 1.807) is 27.2 Å². The number of H-pyrrole nitrogens is 1. The van der Waals surface area contributed by atoms with Gasteiger partial charge < -0.3 is 23.9 Å². The smallest absolute Gasteiger partial charge is 0.488 e. The van der Waals surface area contributed by atoms with Crippen molar-refractivity contribution in [3.63, 3.8) is 0 Å². The van der Waals surface area contributed by atoms with Gasteiger partial charge in [0.25, 0.3) is 0 Å². The van der Waals surface area contributed by atoms with E-state index in [9.17, 15) is 4.79 Å². The van der Waals surface area contributed by atoms with Crippen LogP contribution in [0.4, 0.5) is 4.79 Å². The minimum absolute atomic E-state index is 0.135. The largest absolute Gasteiger partial charge is 0.515 e. The van der Waals surface area contributed by atoms with Gasteiger partial charge in [0.15, 0.2) is 0 Å². The third-order valence-corrected chi connectivity index (χ3v) is 5.00. The van der Waals surface area contributed by atoms with Crippen LogP contribution in [0, 0.1) is 0 Å². The number of carbonyl (C=O) groups excluding carboxylic acids is 1. The van der Waals surface area contributed by atoms with E-state index in [0.717, 1.165) is 27.4 Å². The van der Waals surface area contributed by atoms with E-state index in [-0.39, 0.29) is 18.6 Å². The van der Waals surface area contributed by atoms with Crippen LogP contribution in [0.2, 0.25) is 5.02 Å². The van der Waals surface area contributed by atoms with E-state index in [4.69, 9.17) is 30.5 Å². The number of aromatic nitrogens is 2.